The van der Waals surface area contributed by atoms with Crippen LogP contribution in [0.4, 0.5) is 5.69 Å². The van der Waals surface area contributed by atoms with Gasteiger partial charge in [-0.25, -0.2) is 4.98 Å². The predicted molar refractivity (Wildman–Crippen MR) is 73.4 cm³/mol. The van der Waals surface area contributed by atoms with E-state index in [0.717, 1.165) is 5.56 Å². The summed E-state index contributed by atoms with van der Waals surface area (Å²) in [5, 5.41) is 3.37. The van der Waals surface area contributed by atoms with Crippen molar-refractivity contribution in [2.75, 3.05) is 5.32 Å². The molecule has 1 aromatic heterocycles. The van der Waals surface area contributed by atoms with E-state index in [1.54, 1.807) is 36.5 Å². The molecule has 0 fully saturated rings. The summed E-state index contributed by atoms with van der Waals surface area (Å²) in [5.74, 6) is -0.307. The van der Waals surface area contributed by atoms with Crippen molar-refractivity contribution in [3.05, 3.63) is 57.8 Å². The first kappa shape index (κ1) is 12.9. The molecule has 18 heavy (non-hydrogen) atoms. The van der Waals surface area contributed by atoms with Crippen molar-refractivity contribution in [2.45, 2.75) is 6.92 Å². The number of amides is 1. The maximum Gasteiger partial charge on any atom is 0.257 e. The summed E-state index contributed by atoms with van der Waals surface area (Å²) in [6.07, 6.45) is 1.59. The predicted octanol–water partition coefficient (Wildman–Crippen LogP) is 3.95. The molecule has 1 heterocycles. The quantitative estimate of drug-likeness (QED) is 0.847. The molecule has 1 aromatic carbocycles. The number of halogens is 2. The first-order valence-corrected chi connectivity index (χ1v) is 6.02. The van der Waals surface area contributed by atoms with Crippen molar-refractivity contribution in [1.82, 2.24) is 4.98 Å². The van der Waals surface area contributed by atoms with Gasteiger partial charge in [0.15, 0.2) is 5.15 Å². The Hall–Kier alpha value is -1.58. The van der Waals surface area contributed by atoms with Crippen molar-refractivity contribution in [2.24, 2.45) is 0 Å². The maximum absolute atomic E-state index is 12.1. The van der Waals surface area contributed by atoms with Gasteiger partial charge in [0.2, 0.25) is 0 Å². The van der Waals surface area contributed by atoms with Gasteiger partial charge in [-0.05, 0) is 30.7 Å². The molecule has 0 aliphatic rings. The fourth-order valence-corrected chi connectivity index (χ4v) is 1.98. The highest BCUT2D eigenvalue weighted by atomic mass is 35.5. The van der Waals surface area contributed by atoms with Crippen molar-refractivity contribution >= 4 is 34.8 Å². The maximum atomic E-state index is 12.1. The van der Waals surface area contributed by atoms with Gasteiger partial charge in [-0.15, -0.1) is 0 Å². The minimum Gasteiger partial charge on any atom is -0.319 e. The number of hydrogen-bond donors (Lipinski definition) is 1. The van der Waals surface area contributed by atoms with E-state index in [2.05, 4.69) is 10.3 Å². The molecule has 0 saturated heterocycles. The van der Waals surface area contributed by atoms with Crippen LogP contribution in [0.1, 0.15) is 15.9 Å². The van der Waals surface area contributed by atoms with E-state index >= 15 is 0 Å². The molecular formula is C13H10Cl2N2O. The number of anilines is 1. The lowest BCUT2D eigenvalue weighted by Gasteiger charge is -2.10. The number of nitrogens with zero attached hydrogens (tertiary/aromatic N) is 1. The third-order valence-electron chi connectivity index (χ3n) is 2.47. The molecule has 2 aromatic rings. The molecule has 0 atom stereocenters. The minimum absolute atomic E-state index is 0.260. The molecule has 0 bridgehead atoms. The number of aryl methyl sites for hydroxylation is 1. The van der Waals surface area contributed by atoms with E-state index in [0.29, 0.717) is 16.3 Å². The standard InChI is InChI=1S/C13H10Cl2N2O/c1-8-6-7-16-12(15)11(8)17-13(18)9-4-2-3-5-10(9)14/h2-7H,1H3,(H,17,18). The number of nitrogens with one attached hydrogen (secondary N) is 1. The number of carbonyl (C=O) groups excluding carboxylic acids is 1. The van der Waals surface area contributed by atoms with Crippen molar-refractivity contribution < 1.29 is 4.79 Å². The smallest absolute Gasteiger partial charge is 0.257 e. The van der Waals surface area contributed by atoms with E-state index in [9.17, 15) is 4.79 Å². The van der Waals surface area contributed by atoms with E-state index in [-0.39, 0.29) is 11.1 Å². The highest BCUT2D eigenvalue weighted by Crippen LogP contribution is 2.24. The van der Waals surface area contributed by atoms with Gasteiger partial charge < -0.3 is 5.32 Å². The van der Waals surface area contributed by atoms with E-state index in [1.165, 1.54) is 0 Å². The summed E-state index contributed by atoms with van der Waals surface area (Å²) >= 11 is 11.9. The molecule has 5 heteroatoms. The SMILES string of the molecule is Cc1ccnc(Cl)c1NC(=O)c1ccccc1Cl. The molecule has 0 saturated carbocycles. The molecule has 92 valence electrons. The number of pyridine rings is 1. The number of rotatable bonds is 2. The second-order valence-electron chi connectivity index (χ2n) is 3.73. The lowest BCUT2D eigenvalue weighted by atomic mass is 10.2. The highest BCUT2D eigenvalue weighted by molar-refractivity contribution is 6.35. The number of aromatic nitrogens is 1. The molecular weight excluding hydrogens is 271 g/mol. The molecule has 3 nitrogen and oxygen atoms in total. The number of carbonyl (C=O) groups is 1. The Bertz CT molecular complexity index is 579. The van der Waals surface area contributed by atoms with Gasteiger partial charge >= 0.3 is 0 Å². The molecule has 0 radical (unpaired) electrons. The molecule has 2 rings (SSSR count). The van der Waals surface area contributed by atoms with Gasteiger partial charge in [0, 0.05) is 6.20 Å². The van der Waals surface area contributed by atoms with E-state index in [4.69, 9.17) is 23.2 Å². The van der Waals surface area contributed by atoms with Crippen LogP contribution in [0.25, 0.3) is 0 Å². The first-order valence-electron chi connectivity index (χ1n) is 5.26. The Morgan fingerprint density at radius 2 is 1.94 bits per heavy atom. The van der Waals surface area contributed by atoms with Gasteiger partial charge in [-0.2, -0.15) is 0 Å². The van der Waals surface area contributed by atoms with Gasteiger partial charge in [-0.1, -0.05) is 35.3 Å². The largest absolute Gasteiger partial charge is 0.319 e. The van der Waals surface area contributed by atoms with Gasteiger partial charge in [0.05, 0.1) is 16.3 Å². The third-order valence-corrected chi connectivity index (χ3v) is 3.09. The van der Waals surface area contributed by atoms with Crippen LogP contribution in [0.15, 0.2) is 36.5 Å². The Labute approximate surface area is 115 Å². The van der Waals surface area contributed by atoms with Crippen LogP contribution in [0.3, 0.4) is 0 Å². The third kappa shape index (κ3) is 2.63. The average Bonchev–Trinajstić information content (AvgIpc) is 2.34. The molecule has 0 aliphatic heterocycles. The summed E-state index contributed by atoms with van der Waals surface area (Å²) in [6.45, 7) is 1.84. The zero-order chi connectivity index (χ0) is 13.1. The monoisotopic (exact) mass is 280 g/mol. The summed E-state index contributed by atoms with van der Waals surface area (Å²) in [4.78, 5) is 16.0. The fourth-order valence-electron chi connectivity index (χ4n) is 1.50. The lowest BCUT2D eigenvalue weighted by molar-refractivity contribution is 0.102. The normalized spacial score (nSPS) is 10.2. The molecule has 1 N–H and O–H groups in total. The Balaban J connectivity index is 2.30. The second kappa shape index (κ2) is 5.38. The summed E-state index contributed by atoms with van der Waals surface area (Å²) < 4.78 is 0. The first-order chi connectivity index (χ1) is 8.59. The van der Waals surface area contributed by atoms with Crippen LogP contribution in [-0.2, 0) is 0 Å². The van der Waals surface area contributed by atoms with Crippen molar-refractivity contribution in [3.63, 3.8) is 0 Å². The van der Waals surface area contributed by atoms with Crippen LogP contribution in [-0.4, -0.2) is 10.9 Å². The van der Waals surface area contributed by atoms with Crippen LogP contribution in [0.5, 0.6) is 0 Å². The summed E-state index contributed by atoms with van der Waals surface area (Å²) in [7, 11) is 0. The van der Waals surface area contributed by atoms with E-state index in [1.807, 2.05) is 6.92 Å². The Morgan fingerprint density at radius 1 is 1.22 bits per heavy atom. The zero-order valence-corrected chi connectivity index (χ0v) is 11.1. The van der Waals surface area contributed by atoms with Crippen molar-refractivity contribution in [1.29, 1.82) is 0 Å². The average molecular weight is 281 g/mol. The molecule has 0 aliphatic carbocycles. The zero-order valence-electron chi connectivity index (χ0n) is 9.58. The second-order valence-corrected chi connectivity index (χ2v) is 4.49. The molecule has 1 amide bonds. The van der Waals surface area contributed by atoms with Crippen LogP contribution >= 0.6 is 23.2 Å². The van der Waals surface area contributed by atoms with Gasteiger partial charge in [0.25, 0.3) is 5.91 Å². The molecule has 0 spiro atoms. The Morgan fingerprint density at radius 3 is 2.61 bits per heavy atom. The van der Waals surface area contributed by atoms with Crippen LogP contribution in [0.2, 0.25) is 10.2 Å². The van der Waals surface area contributed by atoms with Crippen LogP contribution in [0, 0.1) is 6.92 Å². The lowest BCUT2D eigenvalue weighted by Crippen LogP contribution is -2.14. The van der Waals surface area contributed by atoms with Crippen molar-refractivity contribution in [3.8, 4) is 0 Å². The Kier molecular flexibility index (Phi) is 3.84. The number of hydrogen-bond acceptors (Lipinski definition) is 2. The molecule has 0 unspecified atom stereocenters. The fraction of sp³-hybridized carbons (Fsp3) is 0.0769. The van der Waals surface area contributed by atoms with E-state index < -0.39 is 0 Å². The summed E-state index contributed by atoms with van der Waals surface area (Å²) in [6, 6.07) is 8.60. The summed E-state index contributed by atoms with van der Waals surface area (Å²) in [5.41, 5.74) is 1.75. The number of benzene rings is 1. The van der Waals surface area contributed by atoms with Gasteiger partial charge in [0.1, 0.15) is 0 Å². The highest BCUT2D eigenvalue weighted by Gasteiger charge is 2.13. The van der Waals surface area contributed by atoms with Gasteiger partial charge in [-0.3, -0.25) is 4.79 Å². The van der Waals surface area contributed by atoms with Crippen LogP contribution < -0.4 is 5.32 Å². The minimum atomic E-state index is -0.307. The topological polar surface area (TPSA) is 42.0 Å².